The molecule has 0 amide bonds. The van der Waals surface area contributed by atoms with Gasteiger partial charge in [-0.3, -0.25) is 0 Å². The Kier molecular flexibility index (Phi) is 20.6. The van der Waals surface area contributed by atoms with Gasteiger partial charge < -0.3 is 27.7 Å². The largest absolute Gasteiger partial charge is 0.310 e. The van der Waals surface area contributed by atoms with Crippen LogP contribution in [0.3, 0.4) is 0 Å². The second-order valence-electron chi connectivity index (χ2n) is 38.5. The normalized spacial score (nSPS) is 12.0. The third kappa shape index (κ3) is 13.7. The lowest BCUT2D eigenvalue weighted by Crippen LogP contribution is -2.74. The van der Waals surface area contributed by atoms with Crippen molar-refractivity contribution in [2.45, 2.75) is 0 Å². The Hall–Kier alpha value is -18.7. The van der Waals surface area contributed by atoms with Crippen LogP contribution in [0.25, 0.3) is 165 Å². The first-order valence-electron chi connectivity index (χ1n) is 50.4. The van der Waals surface area contributed by atoms with E-state index in [9.17, 15) is 0 Å². The number of hydrogen-bond acceptors (Lipinski definition) is 2. The zero-order chi connectivity index (χ0) is 96.3. The van der Waals surface area contributed by atoms with Gasteiger partial charge >= 0.3 is 0 Å². The van der Waals surface area contributed by atoms with Crippen LogP contribution in [0.4, 0.5) is 34.1 Å². The van der Waals surface area contributed by atoms with Crippen LogP contribution < -0.4 is 51.3 Å². The van der Waals surface area contributed by atoms with Gasteiger partial charge in [0.05, 0.1) is 55.2 Å². The first-order chi connectivity index (χ1) is 72.4. The van der Waals surface area contributed by atoms with E-state index in [1.165, 1.54) is 195 Å². The standard InChI is InChI=1S/C72H49N3Si.C66H45N3Si/c1-4-17-58(18-5-1)76(59-19-6-2-7-20-59,60-21-8-3-9-22-60)61-46-37-53(38-47-61)52-33-41-55(42-34-52)73(57-45-48-65-67-27-16-26-66-64-25-12-15-30-70(64)75(72(66)67)71(65)49-57)54-39-31-50(32-40-54)51-35-43-56(44-36-51)74-68-28-13-10-23-62(68)63-24-11-14-29-69(63)74;1-4-17-52(18-5-1)70(53-19-6-2-7-20-53,54-21-8-3-9-22-54)55-42-33-47(34-43-55)46-31-35-48(36-32-46)67(49-37-39-50(40-38-49)68-62-28-13-10-23-56(62)57-24-11-14-29-63(57)68)51-41-44-59-61-27-16-26-60-58-25-12-15-30-64(58)69(66(60)61)65(59)45-51/h1-49H;1-45H. The van der Waals surface area contributed by atoms with Crippen LogP contribution >= 0.6 is 0 Å². The van der Waals surface area contributed by atoms with E-state index in [0.29, 0.717) is 0 Å². The van der Waals surface area contributed by atoms with E-state index in [2.05, 4.69) is 598 Å². The maximum atomic E-state index is 2.47. The fourth-order valence-corrected chi connectivity index (χ4v) is 33.8. The van der Waals surface area contributed by atoms with Gasteiger partial charge in [0.1, 0.15) is 0 Å². The third-order valence-corrected chi connectivity index (χ3v) is 40.4. The van der Waals surface area contributed by atoms with Gasteiger partial charge in [0.25, 0.3) is 0 Å². The van der Waals surface area contributed by atoms with Gasteiger partial charge in [0, 0.05) is 110 Å². The number of fused-ring (bicyclic) bond motifs is 18. The summed E-state index contributed by atoms with van der Waals surface area (Å²) in [5, 5.41) is 26.2. The van der Waals surface area contributed by atoms with Gasteiger partial charge in [-0.15, -0.1) is 0 Å². The van der Waals surface area contributed by atoms with Gasteiger partial charge in [-0.2, -0.15) is 0 Å². The molecule has 684 valence electrons. The Morgan fingerprint density at radius 3 is 0.582 bits per heavy atom. The van der Waals surface area contributed by atoms with Crippen molar-refractivity contribution in [2.24, 2.45) is 0 Å². The molecule has 0 bridgehead atoms. The molecule has 23 aromatic carbocycles. The minimum absolute atomic E-state index is 1.09. The Morgan fingerprint density at radius 1 is 0.130 bits per heavy atom. The molecule has 0 spiro atoms. The number of para-hydroxylation sites is 8. The van der Waals surface area contributed by atoms with E-state index in [4.69, 9.17) is 0 Å². The lowest BCUT2D eigenvalue weighted by molar-refractivity contribution is 1.17. The number of rotatable bonds is 19. The van der Waals surface area contributed by atoms with Crippen molar-refractivity contribution in [3.8, 4) is 44.8 Å². The Labute approximate surface area is 847 Å². The molecular weight excluding hydrogens is 1800 g/mol. The quantitative estimate of drug-likeness (QED) is 0.0595. The summed E-state index contributed by atoms with van der Waals surface area (Å²) < 4.78 is 9.71. The summed E-state index contributed by atoms with van der Waals surface area (Å²) in [5.74, 6) is 0. The molecule has 6 heterocycles. The van der Waals surface area contributed by atoms with Crippen LogP contribution in [0.2, 0.25) is 0 Å². The molecule has 0 aliphatic rings. The molecular formula is C138H94N6Si2. The highest BCUT2D eigenvalue weighted by Gasteiger charge is 2.43. The zero-order valence-electron chi connectivity index (χ0n) is 80.0. The average Bonchev–Trinajstić information content (AvgIpc) is 1.53. The number of aromatic nitrogens is 4. The second-order valence-corrected chi connectivity index (χ2v) is 46.1. The molecule has 29 aromatic rings. The molecule has 0 aliphatic heterocycles. The molecule has 0 aliphatic carbocycles. The molecule has 0 unspecified atom stereocenters. The Morgan fingerprint density at radius 2 is 0.315 bits per heavy atom. The van der Waals surface area contributed by atoms with Crippen molar-refractivity contribution in [3.05, 3.63) is 570 Å². The SMILES string of the molecule is c1ccc([Si](c2ccccc2)(c2ccccc2)c2ccc(-c3ccc(N(c4ccc(-c5ccc(-n6c7ccccc7c7ccccc76)cc5)cc4)c4ccc5c6cccc7c8ccccc8n(c5c4)c76)cc3)cc2)cc1.c1ccc([Si](c2ccccc2)(c2ccccc2)c2ccc(-c3ccc(N(c4ccc(-n5c6ccccc6c6ccccc65)cc4)c4ccc5c6cccc7c8ccccc8n(c5c4)c76)cc3)cc2)cc1. The van der Waals surface area contributed by atoms with E-state index in [-0.39, 0.29) is 0 Å². The summed E-state index contributed by atoms with van der Waals surface area (Å²) in [4.78, 5) is 4.82. The minimum Gasteiger partial charge on any atom is -0.310 e. The number of anilines is 6. The summed E-state index contributed by atoms with van der Waals surface area (Å²) in [6.45, 7) is 0. The summed E-state index contributed by atoms with van der Waals surface area (Å²) in [7, 11) is -5.28. The van der Waals surface area contributed by atoms with E-state index >= 15 is 0 Å². The van der Waals surface area contributed by atoms with Crippen molar-refractivity contribution in [1.29, 1.82) is 0 Å². The predicted octanol–water partition coefficient (Wildman–Crippen LogP) is 30.6. The lowest BCUT2D eigenvalue weighted by Gasteiger charge is -2.34. The fourth-order valence-electron chi connectivity index (χ4n) is 24.3. The van der Waals surface area contributed by atoms with Crippen LogP contribution in [0.5, 0.6) is 0 Å². The molecule has 6 aromatic heterocycles. The van der Waals surface area contributed by atoms with Crippen LogP contribution in [-0.2, 0) is 0 Å². The van der Waals surface area contributed by atoms with Crippen LogP contribution in [-0.4, -0.2) is 34.1 Å². The summed E-state index contributed by atoms with van der Waals surface area (Å²) in [6, 6.07) is 211. The van der Waals surface area contributed by atoms with E-state index in [1.807, 2.05) is 0 Å². The van der Waals surface area contributed by atoms with E-state index in [0.717, 1.165) is 45.5 Å². The molecule has 0 fully saturated rings. The van der Waals surface area contributed by atoms with Crippen molar-refractivity contribution < 1.29 is 0 Å². The number of benzene rings is 23. The summed E-state index contributed by atoms with van der Waals surface area (Å²) in [5.41, 5.74) is 28.2. The third-order valence-electron chi connectivity index (χ3n) is 30.8. The van der Waals surface area contributed by atoms with E-state index < -0.39 is 16.1 Å². The molecule has 8 heteroatoms. The molecule has 6 nitrogen and oxygen atoms in total. The summed E-state index contributed by atoms with van der Waals surface area (Å²) in [6.07, 6.45) is 0. The van der Waals surface area contributed by atoms with Crippen molar-refractivity contribution in [3.63, 3.8) is 0 Å². The Bertz CT molecular complexity index is 9630. The van der Waals surface area contributed by atoms with Crippen LogP contribution in [0.15, 0.2) is 570 Å². The molecule has 0 saturated heterocycles. The molecule has 0 radical (unpaired) electrons. The first kappa shape index (κ1) is 85.3. The highest BCUT2D eigenvalue weighted by Crippen LogP contribution is 2.48. The first-order valence-corrected chi connectivity index (χ1v) is 54.4. The second kappa shape index (κ2) is 35.2. The molecule has 0 atom stereocenters. The van der Waals surface area contributed by atoms with Crippen molar-refractivity contribution in [1.82, 2.24) is 17.9 Å². The average molecular weight is 1890 g/mol. The molecule has 146 heavy (non-hydrogen) atoms. The summed E-state index contributed by atoms with van der Waals surface area (Å²) >= 11 is 0. The maximum absolute atomic E-state index is 2.64. The predicted molar refractivity (Wildman–Crippen MR) is 624 cm³/mol. The van der Waals surface area contributed by atoms with Crippen molar-refractivity contribution in [2.75, 3.05) is 9.80 Å². The number of hydrogen-bond donors (Lipinski definition) is 0. The monoisotopic (exact) mass is 1890 g/mol. The fraction of sp³-hybridized carbons (Fsp3) is 0. The Balaban J connectivity index is 0.000000142. The van der Waals surface area contributed by atoms with Gasteiger partial charge in [-0.25, -0.2) is 0 Å². The van der Waals surface area contributed by atoms with Crippen LogP contribution in [0.1, 0.15) is 0 Å². The highest BCUT2D eigenvalue weighted by atomic mass is 28.3. The minimum atomic E-state index is -2.64. The zero-order valence-corrected chi connectivity index (χ0v) is 82.0. The van der Waals surface area contributed by atoms with Crippen molar-refractivity contribution >= 4 is 212 Å². The van der Waals surface area contributed by atoms with Gasteiger partial charge in [0.15, 0.2) is 16.1 Å². The maximum Gasteiger partial charge on any atom is 0.179 e. The van der Waals surface area contributed by atoms with Gasteiger partial charge in [-0.1, -0.05) is 437 Å². The molecule has 29 rings (SSSR count). The van der Waals surface area contributed by atoms with Crippen LogP contribution in [0, 0.1) is 0 Å². The van der Waals surface area contributed by atoms with E-state index in [1.54, 1.807) is 0 Å². The number of nitrogens with zero attached hydrogens (tertiary/aromatic N) is 6. The topological polar surface area (TPSA) is 25.2 Å². The molecule has 0 N–H and O–H groups in total. The smallest absolute Gasteiger partial charge is 0.179 e. The molecule has 0 saturated carbocycles. The highest BCUT2D eigenvalue weighted by molar-refractivity contribution is 7.20. The van der Waals surface area contributed by atoms with Gasteiger partial charge in [-0.05, 0) is 208 Å². The van der Waals surface area contributed by atoms with Gasteiger partial charge in [0.2, 0.25) is 0 Å². The lowest BCUT2D eigenvalue weighted by atomic mass is 10.0.